The van der Waals surface area contributed by atoms with Crippen molar-refractivity contribution in [3.8, 4) is 0 Å². The quantitative estimate of drug-likeness (QED) is 0.451. The van der Waals surface area contributed by atoms with Gasteiger partial charge in [-0.15, -0.1) is 0 Å². The van der Waals surface area contributed by atoms with E-state index in [9.17, 15) is 26.4 Å². The molecule has 5 nitrogen and oxygen atoms in total. The fourth-order valence-corrected chi connectivity index (χ4v) is 2.55. The highest BCUT2D eigenvalue weighted by molar-refractivity contribution is 7.87. The third-order valence-electron chi connectivity index (χ3n) is 2.84. The molecule has 0 radical (unpaired) electrons. The van der Waals surface area contributed by atoms with Crippen LogP contribution < -0.4 is 0 Å². The molecule has 112 valence electrons. The van der Waals surface area contributed by atoms with Crippen LogP contribution in [0.4, 0.5) is 13.2 Å². The molecule has 0 saturated heterocycles. The molecule has 0 aromatic rings. The Morgan fingerprint density at radius 2 is 1.74 bits per heavy atom. The second kappa shape index (κ2) is 6.08. The maximum atomic E-state index is 12.1. The van der Waals surface area contributed by atoms with Crippen LogP contribution in [0.15, 0.2) is 0 Å². The summed E-state index contributed by atoms with van der Waals surface area (Å²) in [5, 5.41) is 0. The van der Waals surface area contributed by atoms with Gasteiger partial charge in [0.15, 0.2) is 0 Å². The SMILES string of the molecule is CCOC(=O)C1CCC(OS(=O)(=O)C(F)(F)F)CC1. The summed E-state index contributed by atoms with van der Waals surface area (Å²) in [7, 11) is -5.56. The molecule has 1 aliphatic carbocycles. The van der Waals surface area contributed by atoms with E-state index in [1.807, 2.05) is 0 Å². The van der Waals surface area contributed by atoms with Gasteiger partial charge in [0.05, 0.1) is 18.6 Å². The maximum absolute atomic E-state index is 12.1. The van der Waals surface area contributed by atoms with Gasteiger partial charge in [-0.2, -0.15) is 21.6 Å². The van der Waals surface area contributed by atoms with Crippen molar-refractivity contribution in [3.63, 3.8) is 0 Å². The Morgan fingerprint density at radius 1 is 1.21 bits per heavy atom. The van der Waals surface area contributed by atoms with E-state index >= 15 is 0 Å². The van der Waals surface area contributed by atoms with E-state index in [1.54, 1.807) is 6.92 Å². The third kappa shape index (κ3) is 4.34. The zero-order chi connectivity index (χ0) is 14.7. The van der Waals surface area contributed by atoms with Crippen LogP contribution in [0.1, 0.15) is 32.6 Å². The van der Waals surface area contributed by atoms with Crippen molar-refractivity contribution in [3.05, 3.63) is 0 Å². The molecule has 0 spiro atoms. The topological polar surface area (TPSA) is 69.7 Å². The molecule has 0 bridgehead atoms. The lowest BCUT2D eigenvalue weighted by molar-refractivity contribution is -0.149. The van der Waals surface area contributed by atoms with Crippen LogP contribution in [0.2, 0.25) is 0 Å². The Morgan fingerprint density at radius 3 is 2.16 bits per heavy atom. The summed E-state index contributed by atoms with van der Waals surface area (Å²) >= 11 is 0. The fourth-order valence-electron chi connectivity index (χ4n) is 1.89. The number of esters is 1. The minimum Gasteiger partial charge on any atom is -0.466 e. The molecule has 0 heterocycles. The Labute approximate surface area is 109 Å². The van der Waals surface area contributed by atoms with Crippen molar-refractivity contribution < 1.29 is 35.3 Å². The smallest absolute Gasteiger partial charge is 0.466 e. The van der Waals surface area contributed by atoms with Crippen LogP contribution in [-0.4, -0.2) is 32.6 Å². The van der Waals surface area contributed by atoms with Gasteiger partial charge in [0.1, 0.15) is 0 Å². The molecule has 0 aromatic carbocycles. The summed E-state index contributed by atoms with van der Waals surface area (Å²) in [6, 6.07) is 0. The van der Waals surface area contributed by atoms with E-state index in [0.29, 0.717) is 0 Å². The maximum Gasteiger partial charge on any atom is 0.523 e. The second-order valence-electron chi connectivity index (χ2n) is 4.22. The molecule has 1 saturated carbocycles. The Bertz CT molecular complexity index is 409. The van der Waals surface area contributed by atoms with Crippen molar-refractivity contribution in [1.82, 2.24) is 0 Å². The molecule has 0 aromatic heterocycles. The van der Waals surface area contributed by atoms with Gasteiger partial charge in [-0.25, -0.2) is 0 Å². The zero-order valence-electron chi connectivity index (χ0n) is 10.3. The Balaban J connectivity index is 2.50. The van der Waals surface area contributed by atoms with Gasteiger partial charge < -0.3 is 4.74 Å². The van der Waals surface area contributed by atoms with E-state index < -0.39 is 33.6 Å². The molecule has 1 fully saturated rings. The third-order valence-corrected chi connectivity index (χ3v) is 3.93. The number of hydrogen-bond donors (Lipinski definition) is 0. The summed E-state index contributed by atoms with van der Waals surface area (Å²) in [6.07, 6.45) is -0.344. The Hall–Kier alpha value is -0.830. The summed E-state index contributed by atoms with van der Waals surface area (Å²) in [5.41, 5.74) is -5.41. The van der Waals surface area contributed by atoms with Crippen LogP contribution >= 0.6 is 0 Å². The van der Waals surface area contributed by atoms with Gasteiger partial charge in [0, 0.05) is 0 Å². The highest BCUT2D eigenvalue weighted by Crippen LogP contribution is 2.32. The van der Waals surface area contributed by atoms with E-state index in [1.165, 1.54) is 0 Å². The number of rotatable bonds is 4. The largest absolute Gasteiger partial charge is 0.523 e. The van der Waals surface area contributed by atoms with Crippen molar-refractivity contribution >= 4 is 16.1 Å². The van der Waals surface area contributed by atoms with Crippen molar-refractivity contribution in [2.75, 3.05) is 6.61 Å². The highest BCUT2D eigenvalue weighted by atomic mass is 32.2. The summed E-state index contributed by atoms with van der Waals surface area (Å²) in [5.74, 6) is -0.798. The fraction of sp³-hybridized carbons (Fsp3) is 0.900. The van der Waals surface area contributed by atoms with Crippen molar-refractivity contribution in [2.45, 2.75) is 44.2 Å². The highest BCUT2D eigenvalue weighted by Gasteiger charge is 2.49. The first kappa shape index (κ1) is 16.2. The molecule has 9 heteroatoms. The molecular weight excluding hydrogens is 289 g/mol. The summed E-state index contributed by atoms with van der Waals surface area (Å²) in [4.78, 5) is 11.4. The van der Waals surface area contributed by atoms with Crippen LogP contribution in [0.3, 0.4) is 0 Å². The molecule has 1 aliphatic rings. The molecule has 0 N–H and O–H groups in total. The van der Waals surface area contributed by atoms with E-state index in [2.05, 4.69) is 4.18 Å². The lowest BCUT2D eigenvalue weighted by atomic mass is 9.87. The van der Waals surface area contributed by atoms with Crippen LogP contribution in [0, 0.1) is 5.92 Å². The van der Waals surface area contributed by atoms with Crippen LogP contribution in [0.25, 0.3) is 0 Å². The average molecular weight is 304 g/mol. The number of carbonyl (C=O) groups is 1. The number of ether oxygens (including phenoxy) is 1. The molecule has 0 amide bonds. The molecule has 1 rings (SSSR count). The van der Waals surface area contributed by atoms with Gasteiger partial charge in [-0.1, -0.05) is 0 Å². The molecule has 0 aliphatic heterocycles. The number of halogens is 3. The number of carbonyl (C=O) groups excluding carboxylic acids is 1. The van der Waals surface area contributed by atoms with E-state index in [0.717, 1.165) is 0 Å². The first-order valence-corrected chi connectivity index (χ1v) is 7.24. The molecule has 0 unspecified atom stereocenters. The van der Waals surface area contributed by atoms with Gasteiger partial charge in [-0.3, -0.25) is 8.98 Å². The standard InChI is InChI=1S/C10H15F3O5S/c1-2-17-9(14)7-3-5-8(6-4-7)18-19(15,16)10(11,12)13/h7-8H,2-6H2,1H3. The number of hydrogen-bond acceptors (Lipinski definition) is 5. The zero-order valence-corrected chi connectivity index (χ0v) is 11.1. The van der Waals surface area contributed by atoms with Gasteiger partial charge in [0.25, 0.3) is 0 Å². The number of alkyl halides is 3. The van der Waals surface area contributed by atoms with Crippen LogP contribution in [0.5, 0.6) is 0 Å². The van der Waals surface area contributed by atoms with E-state index in [4.69, 9.17) is 4.74 Å². The molecule has 0 atom stereocenters. The first-order chi connectivity index (χ1) is 8.67. The van der Waals surface area contributed by atoms with Crippen molar-refractivity contribution in [2.24, 2.45) is 5.92 Å². The minimum atomic E-state index is -5.56. The van der Waals surface area contributed by atoms with Crippen LogP contribution in [-0.2, 0) is 23.8 Å². The van der Waals surface area contributed by atoms with Gasteiger partial charge >= 0.3 is 21.6 Å². The lowest BCUT2D eigenvalue weighted by Gasteiger charge is -2.26. The first-order valence-electron chi connectivity index (χ1n) is 5.83. The van der Waals surface area contributed by atoms with Gasteiger partial charge in [0.2, 0.25) is 0 Å². The second-order valence-corrected chi connectivity index (χ2v) is 5.79. The Kier molecular flexibility index (Phi) is 5.19. The predicted molar refractivity (Wildman–Crippen MR) is 58.4 cm³/mol. The normalized spacial score (nSPS) is 25.1. The average Bonchev–Trinajstić information content (AvgIpc) is 2.28. The van der Waals surface area contributed by atoms with Gasteiger partial charge in [-0.05, 0) is 32.6 Å². The lowest BCUT2D eigenvalue weighted by Crippen LogP contribution is -2.33. The monoisotopic (exact) mass is 304 g/mol. The van der Waals surface area contributed by atoms with Crippen molar-refractivity contribution in [1.29, 1.82) is 0 Å². The molecular formula is C10H15F3O5S. The molecule has 19 heavy (non-hydrogen) atoms. The minimum absolute atomic E-state index is 0.0821. The summed E-state index contributed by atoms with van der Waals surface area (Å²) in [6.45, 7) is 1.89. The predicted octanol–water partition coefficient (Wildman–Crippen LogP) is 1.97. The summed E-state index contributed by atoms with van der Waals surface area (Å²) < 4.78 is 66.8. The van der Waals surface area contributed by atoms with E-state index in [-0.39, 0.29) is 32.3 Å².